The summed E-state index contributed by atoms with van der Waals surface area (Å²) in [6, 6.07) is 7.43. The Morgan fingerprint density at radius 1 is 0.826 bits per heavy atom. The van der Waals surface area contributed by atoms with Crippen molar-refractivity contribution in [2.75, 3.05) is 6.54 Å². The van der Waals surface area contributed by atoms with Crippen LogP contribution in [0.25, 0.3) is 10.9 Å². The fourth-order valence-electron chi connectivity index (χ4n) is 4.66. The molecule has 0 fully saturated rings. The largest absolute Gasteiger partial charge is 0.508 e. The number of nitrogens with two attached hydrogens (primary N) is 3. The number of carbonyl (C=O) groups excluding carboxylic acids is 3. The normalized spacial score (nSPS) is 13.5. The van der Waals surface area contributed by atoms with Crippen LogP contribution in [0.15, 0.2) is 59.7 Å². The van der Waals surface area contributed by atoms with Crippen LogP contribution >= 0.6 is 0 Å². The monoisotopic (exact) mass is 638 g/mol. The van der Waals surface area contributed by atoms with Crippen molar-refractivity contribution in [3.8, 4) is 5.75 Å². The summed E-state index contributed by atoms with van der Waals surface area (Å²) in [6.45, 7) is 0.227. The van der Waals surface area contributed by atoms with Crippen LogP contribution in [-0.4, -0.2) is 86.6 Å². The molecule has 0 bridgehead atoms. The minimum absolute atomic E-state index is 0.0320. The lowest BCUT2D eigenvalue weighted by Crippen LogP contribution is -2.58. The Morgan fingerprint density at radius 2 is 1.46 bits per heavy atom. The number of carbonyl (C=O) groups is 5. The van der Waals surface area contributed by atoms with Gasteiger partial charge < -0.3 is 53.5 Å². The van der Waals surface area contributed by atoms with Crippen molar-refractivity contribution in [1.82, 2.24) is 20.9 Å². The van der Waals surface area contributed by atoms with Gasteiger partial charge in [-0.05, 0) is 42.2 Å². The molecule has 16 heteroatoms. The number of carboxylic acid groups (broad SMARTS) is 2. The molecule has 0 saturated heterocycles. The first-order chi connectivity index (χ1) is 21.8. The van der Waals surface area contributed by atoms with E-state index in [1.165, 1.54) is 24.3 Å². The first kappa shape index (κ1) is 34.8. The smallest absolute Gasteiger partial charge is 0.326 e. The SMILES string of the molecule is NC(N)=NCCCC(N)C(=O)NC(Cc1ccc(O)cc1)C(=O)NC(CC(=O)O)C(=O)NC(Cc1c[nH]c2ccccc12)C(=O)O. The molecule has 16 nitrogen and oxygen atoms in total. The summed E-state index contributed by atoms with van der Waals surface area (Å²) in [6.07, 6.45) is 1.04. The number of phenols is 1. The molecule has 4 atom stereocenters. The van der Waals surface area contributed by atoms with E-state index in [2.05, 4.69) is 25.9 Å². The zero-order valence-electron chi connectivity index (χ0n) is 24.8. The molecule has 0 radical (unpaired) electrons. The van der Waals surface area contributed by atoms with Crippen LogP contribution in [-0.2, 0) is 36.8 Å². The number of benzene rings is 2. The second-order valence-corrected chi connectivity index (χ2v) is 10.6. The lowest BCUT2D eigenvalue weighted by atomic mass is 10.0. The highest BCUT2D eigenvalue weighted by Gasteiger charge is 2.32. The molecule has 13 N–H and O–H groups in total. The Hall–Kier alpha value is -5.64. The number of aliphatic imine (C=N–C) groups is 1. The molecule has 3 amide bonds. The van der Waals surface area contributed by atoms with Crippen LogP contribution in [0.4, 0.5) is 0 Å². The fraction of sp³-hybridized carbons (Fsp3) is 0.333. The van der Waals surface area contributed by atoms with Gasteiger partial charge in [-0.3, -0.25) is 24.2 Å². The predicted molar refractivity (Wildman–Crippen MR) is 167 cm³/mol. The number of aromatic nitrogens is 1. The molecule has 1 aromatic heterocycles. The van der Waals surface area contributed by atoms with Gasteiger partial charge in [0, 0.05) is 36.5 Å². The van der Waals surface area contributed by atoms with Gasteiger partial charge in [0.15, 0.2) is 5.96 Å². The highest BCUT2D eigenvalue weighted by Crippen LogP contribution is 2.19. The number of para-hydroxylation sites is 1. The van der Waals surface area contributed by atoms with Crippen molar-refractivity contribution in [3.63, 3.8) is 0 Å². The number of fused-ring (bicyclic) bond motifs is 1. The summed E-state index contributed by atoms with van der Waals surface area (Å²) in [5, 5.41) is 36.9. The van der Waals surface area contributed by atoms with E-state index in [1.807, 2.05) is 0 Å². The van der Waals surface area contributed by atoms with E-state index in [-0.39, 0.29) is 37.5 Å². The van der Waals surface area contributed by atoms with Gasteiger partial charge in [0.25, 0.3) is 0 Å². The Morgan fingerprint density at radius 3 is 2.11 bits per heavy atom. The number of hydrogen-bond acceptors (Lipinski definition) is 8. The number of carboxylic acids is 2. The van der Waals surface area contributed by atoms with Gasteiger partial charge >= 0.3 is 11.9 Å². The summed E-state index contributed by atoms with van der Waals surface area (Å²) in [4.78, 5) is 70.2. The van der Waals surface area contributed by atoms with E-state index in [0.29, 0.717) is 17.5 Å². The number of aromatic hydroxyl groups is 1. The van der Waals surface area contributed by atoms with Crippen molar-refractivity contribution in [3.05, 3.63) is 65.9 Å². The number of rotatable bonds is 17. The molecule has 4 unspecified atom stereocenters. The van der Waals surface area contributed by atoms with E-state index >= 15 is 0 Å². The standard InChI is InChI=1S/C30H38N8O8/c31-20(5-3-11-34-30(32)33)26(42)36-22(12-16-7-9-18(39)10-8-16)27(43)37-23(14-25(40)41)28(44)38-24(29(45)46)13-17-15-35-21-6-2-1-4-19(17)21/h1-2,4,6-10,15,20,22-24,35,39H,3,5,11-14,31H2,(H,36,42)(H,37,43)(H,38,44)(H,40,41)(H,45,46)(H4,32,33,34). The van der Waals surface area contributed by atoms with Crippen molar-refractivity contribution < 1.29 is 39.3 Å². The van der Waals surface area contributed by atoms with Gasteiger partial charge in [0.2, 0.25) is 17.7 Å². The number of phenolic OH excluding ortho intramolecular Hbond substituents is 1. The second-order valence-electron chi connectivity index (χ2n) is 10.6. The van der Waals surface area contributed by atoms with E-state index in [4.69, 9.17) is 17.2 Å². The molecular weight excluding hydrogens is 600 g/mol. The summed E-state index contributed by atoms with van der Waals surface area (Å²) < 4.78 is 0. The quantitative estimate of drug-likeness (QED) is 0.0488. The Bertz CT molecular complexity index is 1570. The molecule has 246 valence electrons. The fourth-order valence-corrected chi connectivity index (χ4v) is 4.66. The number of aliphatic carboxylic acids is 2. The molecule has 2 aromatic carbocycles. The van der Waals surface area contributed by atoms with Crippen molar-refractivity contribution >= 4 is 46.5 Å². The van der Waals surface area contributed by atoms with Crippen molar-refractivity contribution in [1.29, 1.82) is 0 Å². The summed E-state index contributed by atoms with van der Waals surface area (Å²) in [5.41, 5.74) is 18.5. The number of H-pyrrole nitrogens is 1. The Kier molecular flexibility index (Phi) is 12.5. The van der Waals surface area contributed by atoms with E-state index < -0.39 is 60.2 Å². The topological polar surface area (TPSA) is 288 Å². The predicted octanol–water partition coefficient (Wildman–Crippen LogP) is -0.947. The first-order valence-corrected chi connectivity index (χ1v) is 14.3. The Labute approximate surface area is 263 Å². The van der Waals surface area contributed by atoms with Crippen LogP contribution in [0.3, 0.4) is 0 Å². The van der Waals surface area contributed by atoms with Gasteiger partial charge in [0.1, 0.15) is 23.9 Å². The van der Waals surface area contributed by atoms with Crippen molar-refractivity contribution in [2.45, 2.75) is 56.3 Å². The number of nitrogens with one attached hydrogen (secondary N) is 4. The summed E-state index contributed by atoms with van der Waals surface area (Å²) >= 11 is 0. The molecule has 0 saturated carbocycles. The molecular formula is C30H38N8O8. The van der Waals surface area contributed by atoms with Gasteiger partial charge in [-0.25, -0.2) is 4.79 Å². The lowest BCUT2D eigenvalue weighted by molar-refractivity contribution is -0.143. The number of amides is 3. The van der Waals surface area contributed by atoms with Gasteiger partial charge in [-0.2, -0.15) is 0 Å². The molecule has 0 spiro atoms. The summed E-state index contributed by atoms with van der Waals surface area (Å²) in [5.74, 6) is -5.62. The maximum absolute atomic E-state index is 13.5. The molecule has 0 aliphatic rings. The number of guanidine groups is 1. The molecule has 46 heavy (non-hydrogen) atoms. The van der Waals surface area contributed by atoms with Crippen LogP contribution < -0.4 is 33.2 Å². The van der Waals surface area contributed by atoms with Crippen LogP contribution in [0.2, 0.25) is 0 Å². The zero-order valence-corrected chi connectivity index (χ0v) is 24.8. The van der Waals surface area contributed by atoms with Gasteiger partial charge in [-0.15, -0.1) is 0 Å². The minimum atomic E-state index is -1.69. The molecule has 0 aliphatic heterocycles. The van der Waals surface area contributed by atoms with E-state index in [0.717, 1.165) is 10.9 Å². The molecule has 3 rings (SSSR count). The number of nitrogens with zero attached hydrogens (tertiary/aromatic N) is 1. The van der Waals surface area contributed by atoms with Crippen molar-refractivity contribution in [2.24, 2.45) is 22.2 Å². The van der Waals surface area contributed by atoms with Crippen LogP contribution in [0, 0.1) is 0 Å². The third-order valence-electron chi connectivity index (χ3n) is 7.04. The average Bonchev–Trinajstić information content (AvgIpc) is 3.41. The first-order valence-electron chi connectivity index (χ1n) is 14.3. The molecule has 3 aromatic rings. The zero-order chi connectivity index (χ0) is 33.8. The van der Waals surface area contributed by atoms with E-state index in [1.54, 1.807) is 30.5 Å². The van der Waals surface area contributed by atoms with Crippen LogP contribution in [0.5, 0.6) is 5.75 Å². The van der Waals surface area contributed by atoms with Gasteiger partial charge in [-0.1, -0.05) is 30.3 Å². The third kappa shape index (κ3) is 10.5. The number of aromatic amines is 1. The molecule has 1 heterocycles. The highest BCUT2D eigenvalue weighted by atomic mass is 16.4. The van der Waals surface area contributed by atoms with E-state index in [9.17, 15) is 39.3 Å². The minimum Gasteiger partial charge on any atom is -0.508 e. The number of hydrogen-bond donors (Lipinski definition) is 10. The highest BCUT2D eigenvalue weighted by molar-refractivity contribution is 5.96. The van der Waals surface area contributed by atoms with Gasteiger partial charge in [0.05, 0.1) is 12.5 Å². The summed E-state index contributed by atoms with van der Waals surface area (Å²) in [7, 11) is 0. The molecule has 0 aliphatic carbocycles. The maximum atomic E-state index is 13.5. The third-order valence-corrected chi connectivity index (χ3v) is 7.04. The Balaban J connectivity index is 1.76. The second kappa shape index (κ2) is 16.4. The maximum Gasteiger partial charge on any atom is 0.326 e. The lowest BCUT2D eigenvalue weighted by Gasteiger charge is -2.25. The van der Waals surface area contributed by atoms with Crippen LogP contribution in [0.1, 0.15) is 30.4 Å². The average molecular weight is 639 g/mol.